The molecule has 3 nitrogen and oxygen atoms in total. The first kappa shape index (κ1) is 14.8. The van der Waals surface area contributed by atoms with Crippen molar-refractivity contribution in [1.29, 1.82) is 0 Å². The van der Waals surface area contributed by atoms with E-state index in [1.54, 1.807) is 23.5 Å². The lowest BCUT2D eigenvalue weighted by Crippen LogP contribution is -2.19. The summed E-state index contributed by atoms with van der Waals surface area (Å²) in [4.78, 5) is 14.2. The van der Waals surface area contributed by atoms with Gasteiger partial charge in [0.15, 0.2) is 0 Å². The Morgan fingerprint density at radius 2 is 1.10 bits per heavy atom. The van der Waals surface area contributed by atoms with E-state index in [1.807, 2.05) is 61.0 Å². The van der Waals surface area contributed by atoms with Crippen LogP contribution in [0.15, 0.2) is 58.3 Å². The zero-order valence-corrected chi connectivity index (χ0v) is 13.0. The summed E-state index contributed by atoms with van der Waals surface area (Å²) in [5.41, 5.74) is 1.56. The van der Waals surface area contributed by atoms with Crippen LogP contribution in [0.25, 0.3) is 0 Å². The fourth-order valence-corrected chi connectivity index (χ4v) is 2.46. The van der Waals surface area contributed by atoms with Gasteiger partial charge in [-0.05, 0) is 61.0 Å². The summed E-state index contributed by atoms with van der Waals surface area (Å²) >= 11 is 3.34. The highest BCUT2D eigenvalue weighted by molar-refractivity contribution is 7.98. The summed E-state index contributed by atoms with van der Waals surface area (Å²) in [6.45, 7) is 0. The SMILES string of the molecule is CSc1ccc(NC(=O)Nc2ccc(SC)cc2)cc1. The summed E-state index contributed by atoms with van der Waals surface area (Å²) in [5.74, 6) is 0. The van der Waals surface area contributed by atoms with E-state index in [2.05, 4.69) is 10.6 Å². The summed E-state index contributed by atoms with van der Waals surface area (Å²) in [5, 5.41) is 5.61. The number of amides is 2. The van der Waals surface area contributed by atoms with Crippen molar-refractivity contribution in [3.8, 4) is 0 Å². The highest BCUT2D eigenvalue weighted by atomic mass is 32.2. The van der Waals surface area contributed by atoms with Gasteiger partial charge in [-0.1, -0.05) is 0 Å². The van der Waals surface area contributed by atoms with Gasteiger partial charge in [0.1, 0.15) is 0 Å². The zero-order valence-electron chi connectivity index (χ0n) is 11.3. The molecule has 2 amide bonds. The third kappa shape index (κ3) is 4.21. The molecule has 0 aliphatic rings. The van der Waals surface area contributed by atoms with Crippen LogP contribution in [0.5, 0.6) is 0 Å². The van der Waals surface area contributed by atoms with Crippen LogP contribution < -0.4 is 10.6 Å². The Morgan fingerprint density at radius 1 is 0.750 bits per heavy atom. The van der Waals surface area contributed by atoms with E-state index in [0.717, 1.165) is 11.4 Å². The molecule has 0 aromatic heterocycles. The summed E-state index contributed by atoms with van der Waals surface area (Å²) < 4.78 is 0. The molecule has 2 rings (SSSR count). The van der Waals surface area contributed by atoms with Crippen molar-refractivity contribution >= 4 is 40.9 Å². The number of hydrogen-bond acceptors (Lipinski definition) is 3. The van der Waals surface area contributed by atoms with Gasteiger partial charge in [0.05, 0.1) is 0 Å². The highest BCUT2D eigenvalue weighted by Gasteiger charge is 2.02. The van der Waals surface area contributed by atoms with E-state index in [0.29, 0.717) is 0 Å². The van der Waals surface area contributed by atoms with Gasteiger partial charge in [-0.15, -0.1) is 23.5 Å². The molecule has 2 aromatic carbocycles. The van der Waals surface area contributed by atoms with E-state index < -0.39 is 0 Å². The molecule has 0 bridgehead atoms. The standard InChI is InChI=1S/C15H16N2OS2/c1-19-13-7-3-11(4-8-13)16-15(18)17-12-5-9-14(20-2)10-6-12/h3-10H,1-2H3,(H2,16,17,18). The van der Waals surface area contributed by atoms with Crippen LogP contribution in [0.1, 0.15) is 0 Å². The molecule has 0 aliphatic heterocycles. The van der Waals surface area contributed by atoms with E-state index in [1.165, 1.54) is 9.79 Å². The average Bonchev–Trinajstić information content (AvgIpc) is 2.49. The fourth-order valence-electron chi connectivity index (χ4n) is 1.64. The minimum atomic E-state index is -0.237. The number of carbonyl (C=O) groups is 1. The van der Waals surface area contributed by atoms with E-state index in [9.17, 15) is 4.79 Å². The average molecular weight is 304 g/mol. The monoisotopic (exact) mass is 304 g/mol. The molecule has 0 heterocycles. The third-order valence-corrected chi connectivity index (χ3v) is 4.18. The van der Waals surface area contributed by atoms with Gasteiger partial charge in [-0.3, -0.25) is 0 Å². The van der Waals surface area contributed by atoms with Crippen molar-refractivity contribution in [1.82, 2.24) is 0 Å². The van der Waals surface area contributed by atoms with Crippen LogP contribution in [-0.4, -0.2) is 18.5 Å². The van der Waals surface area contributed by atoms with Crippen LogP contribution in [0.4, 0.5) is 16.2 Å². The zero-order chi connectivity index (χ0) is 14.4. The second-order valence-electron chi connectivity index (χ2n) is 4.04. The number of thioether (sulfide) groups is 2. The van der Waals surface area contributed by atoms with Crippen molar-refractivity contribution in [2.45, 2.75) is 9.79 Å². The van der Waals surface area contributed by atoms with Gasteiger partial charge in [0.25, 0.3) is 0 Å². The number of hydrogen-bond donors (Lipinski definition) is 2. The molecule has 2 aromatic rings. The number of nitrogens with one attached hydrogen (secondary N) is 2. The molecule has 0 unspecified atom stereocenters. The van der Waals surface area contributed by atoms with Crippen LogP contribution in [0.2, 0.25) is 0 Å². The largest absolute Gasteiger partial charge is 0.323 e. The maximum Gasteiger partial charge on any atom is 0.323 e. The second kappa shape index (κ2) is 7.26. The number of urea groups is 1. The van der Waals surface area contributed by atoms with Gasteiger partial charge in [0.2, 0.25) is 0 Å². The maximum atomic E-state index is 11.9. The molecule has 104 valence electrons. The third-order valence-electron chi connectivity index (χ3n) is 2.70. The molecule has 2 N–H and O–H groups in total. The van der Waals surface area contributed by atoms with Crippen LogP contribution >= 0.6 is 23.5 Å². The topological polar surface area (TPSA) is 41.1 Å². The molecule has 0 atom stereocenters. The Hall–Kier alpha value is -1.59. The maximum absolute atomic E-state index is 11.9. The number of carbonyl (C=O) groups excluding carboxylic acids is 1. The molecular weight excluding hydrogens is 288 g/mol. The van der Waals surface area contributed by atoms with E-state index in [-0.39, 0.29) is 6.03 Å². The predicted octanol–water partition coefficient (Wildman–Crippen LogP) is 4.77. The smallest absolute Gasteiger partial charge is 0.308 e. The van der Waals surface area contributed by atoms with Crippen LogP contribution in [0.3, 0.4) is 0 Å². The molecule has 0 spiro atoms. The molecule has 0 aliphatic carbocycles. The molecule has 5 heteroatoms. The molecule has 20 heavy (non-hydrogen) atoms. The van der Waals surface area contributed by atoms with Crippen LogP contribution in [-0.2, 0) is 0 Å². The number of anilines is 2. The Kier molecular flexibility index (Phi) is 5.38. The van der Waals surface area contributed by atoms with Gasteiger partial charge in [0, 0.05) is 21.2 Å². The minimum Gasteiger partial charge on any atom is -0.308 e. The second-order valence-corrected chi connectivity index (χ2v) is 5.80. The number of benzene rings is 2. The molecule has 0 fully saturated rings. The first-order valence-corrected chi connectivity index (χ1v) is 8.52. The minimum absolute atomic E-state index is 0.237. The number of rotatable bonds is 4. The van der Waals surface area contributed by atoms with E-state index in [4.69, 9.17) is 0 Å². The summed E-state index contributed by atoms with van der Waals surface area (Å²) in [6.07, 6.45) is 4.04. The van der Waals surface area contributed by atoms with Crippen molar-refractivity contribution in [2.75, 3.05) is 23.1 Å². The Bertz CT molecular complexity index is 516. The van der Waals surface area contributed by atoms with Gasteiger partial charge in [-0.2, -0.15) is 0 Å². The lowest BCUT2D eigenvalue weighted by Gasteiger charge is -2.08. The lowest BCUT2D eigenvalue weighted by atomic mass is 10.3. The van der Waals surface area contributed by atoms with Gasteiger partial charge in [-0.25, -0.2) is 4.79 Å². The van der Waals surface area contributed by atoms with Crippen molar-refractivity contribution in [3.63, 3.8) is 0 Å². The normalized spacial score (nSPS) is 10.1. The van der Waals surface area contributed by atoms with Gasteiger partial charge < -0.3 is 10.6 Å². The summed E-state index contributed by atoms with van der Waals surface area (Å²) in [6, 6.07) is 15.2. The molecule has 0 saturated heterocycles. The highest BCUT2D eigenvalue weighted by Crippen LogP contribution is 2.19. The predicted molar refractivity (Wildman–Crippen MR) is 89.1 cm³/mol. The Morgan fingerprint density at radius 3 is 1.40 bits per heavy atom. The first-order chi connectivity index (χ1) is 9.71. The lowest BCUT2D eigenvalue weighted by molar-refractivity contribution is 0.262. The Balaban J connectivity index is 1.93. The van der Waals surface area contributed by atoms with E-state index >= 15 is 0 Å². The molecule has 0 radical (unpaired) electrons. The summed E-state index contributed by atoms with van der Waals surface area (Å²) in [7, 11) is 0. The van der Waals surface area contributed by atoms with Crippen molar-refractivity contribution in [2.24, 2.45) is 0 Å². The van der Waals surface area contributed by atoms with Crippen LogP contribution in [0, 0.1) is 0 Å². The first-order valence-electron chi connectivity index (χ1n) is 6.07. The van der Waals surface area contributed by atoms with Crippen molar-refractivity contribution in [3.05, 3.63) is 48.5 Å². The molecular formula is C15H16N2OS2. The van der Waals surface area contributed by atoms with Gasteiger partial charge >= 0.3 is 6.03 Å². The Labute approximate surface area is 127 Å². The van der Waals surface area contributed by atoms with Crippen molar-refractivity contribution < 1.29 is 4.79 Å². The molecule has 0 saturated carbocycles. The fraction of sp³-hybridized carbons (Fsp3) is 0.133. The quantitative estimate of drug-likeness (QED) is 0.799.